The Hall–Kier alpha value is -1.48. The fourth-order valence-corrected chi connectivity index (χ4v) is 1.91. The Bertz CT molecular complexity index is 508. The van der Waals surface area contributed by atoms with Crippen LogP contribution in [0.25, 0.3) is 0 Å². The first-order chi connectivity index (χ1) is 8.65. The second-order valence-electron chi connectivity index (χ2n) is 4.70. The number of hydrogen-bond donors (Lipinski definition) is 1. The lowest BCUT2D eigenvalue weighted by molar-refractivity contribution is 0.301. The van der Waals surface area contributed by atoms with Crippen LogP contribution < -0.4 is 4.74 Å². The first-order valence-electron chi connectivity index (χ1n) is 6.05. The standard InChI is InChI=1S/C14H17ClN2O/c1-10(2)7-11-8-12(17-16-11)9-18-14-6-4-3-5-13(14)15/h3-6,8,10H,7,9H2,1-2H3,(H,16,17). The van der Waals surface area contributed by atoms with E-state index < -0.39 is 0 Å². The van der Waals surface area contributed by atoms with Crippen LogP contribution in [0.5, 0.6) is 5.75 Å². The summed E-state index contributed by atoms with van der Waals surface area (Å²) >= 11 is 6.01. The number of hydrogen-bond acceptors (Lipinski definition) is 2. The molecular weight excluding hydrogens is 248 g/mol. The molecule has 1 heterocycles. The number of para-hydroxylation sites is 1. The summed E-state index contributed by atoms with van der Waals surface area (Å²) < 4.78 is 5.64. The first kappa shape index (κ1) is 13.0. The van der Waals surface area contributed by atoms with Gasteiger partial charge in [0.1, 0.15) is 12.4 Å². The number of rotatable bonds is 5. The molecule has 0 spiro atoms. The van der Waals surface area contributed by atoms with Crippen molar-refractivity contribution in [3.63, 3.8) is 0 Å². The molecule has 2 rings (SSSR count). The minimum atomic E-state index is 0.453. The zero-order chi connectivity index (χ0) is 13.0. The summed E-state index contributed by atoms with van der Waals surface area (Å²) in [6.45, 7) is 4.80. The molecule has 1 aromatic heterocycles. The molecule has 0 aliphatic heterocycles. The molecule has 0 saturated heterocycles. The van der Waals surface area contributed by atoms with Gasteiger partial charge in [-0.25, -0.2) is 0 Å². The van der Waals surface area contributed by atoms with Crippen molar-refractivity contribution in [3.05, 3.63) is 46.7 Å². The molecule has 0 aliphatic rings. The van der Waals surface area contributed by atoms with Gasteiger partial charge >= 0.3 is 0 Å². The van der Waals surface area contributed by atoms with E-state index in [1.165, 1.54) is 0 Å². The van der Waals surface area contributed by atoms with E-state index in [9.17, 15) is 0 Å². The lowest BCUT2D eigenvalue weighted by Gasteiger charge is -2.05. The van der Waals surface area contributed by atoms with Gasteiger partial charge in [0.2, 0.25) is 0 Å². The number of ether oxygens (including phenoxy) is 1. The minimum Gasteiger partial charge on any atom is -0.486 e. The van der Waals surface area contributed by atoms with Crippen LogP contribution in [-0.2, 0) is 13.0 Å². The summed E-state index contributed by atoms with van der Waals surface area (Å²) in [5.74, 6) is 1.30. The highest BCUT2D eigenvalue weighted by atomic mass is 35.5. The lowest BCUT2D eigenvalue weighted by atomic mass is 10.1. The summed E-state index contributed by atoms with van der Waals surface area (Å²) in [5.41, 5.74) is 2.04. The summed E-state index contributed by atoms with van der Waals surface area (Å²) in [6.07, 6.45) is 0.975. The van der Waals surface area contributed by atoms with Crippen molar-refractivity contribution >= 4 is 11.6 Å². The molecule has 0 unspecified atom stereocenters. The van der Waals surface area contributed by atoms with E-state index in [0.717, 1.165) is 17.8 Å². The summed E-state index contributed by atoms with van der Waals surface area (Å²) in [6, 6.07) is 9.49. The average molecular weight is 265 g/mol. The van der Waals surface area contributed by atoms with E-state index in [2.05, 4.69) is 24.0 Å². The third kappa shape index (κ3) is 3.50. The number of aromatic nitrogens is 2. The molecule has 0 atom stereocenters. The van der Waals surface area contributed by atoms with Gasteiger partial charge in [0.25, 0.3) is 0 Å². The number of halogens is 1. The Morgan fingerprint density at radius 3 is 2.83 bits per heavy atom. The molecule has 0 aliphatic carbocycles. The molecule has 0 saturated carbocycles. The van der Waals surface area contributed by atoms with E-state index in [4.69, 9.17) is 16.3 Å². The number of H-pyrrole nitrogens is 1. The molecule has 2 aromatic rings. The summed E-state index contributed by atoms with van der Waals surface area (Å²) in [5, 5.41) is 7.86. The van der Waals surface area contributed by atoms with Crippen molar-refractivity contribution in [2.75, 3.05) is 0 Å². The molecular formula is C14H17ClN2O. The molecule has 1 N–H and O–H groups in total. The van der Waals surface area contributed by atoms with E-state index in [1.54, 1.807) is 0 Å². The highest BCUT2D eigenvalue weighted by Crippen LogP contribution is 2.23. The SMILES string of the molecule is CC(C)Cc1cc(COc2ccccc2Cl)[nH]n1. The van der Waals surface area contributed by atoms with Gasteiger partial charge in [-0.05, 0) is 30.5 Å². The maximum atomic E-state index is 6.01. The molecule has 3 nitrogen and oxygen atoms in total. The maximum Gasteiger partial charge on any atom is 0.138 e. The maximum absolute atomic E-state index is 6.01. The van der Waals surface area contributed by atoms with Crippen molar-refractivity contribution in [1.29, 1.82) is 0 Å². The van der Waals surface area contributed by atoms with E-state index in [1.807, 2.05) is 30.3 Å². The van der Waals surface area contributed by atoms with Crippen LogP contribution in [0.4, 0.5) is 0 Å². The fourth-order valence-electron chi connectivity index (χ4n) is 1.72. The van der Waals surface area contributed by atoms with Gasteiger partial charge < -0.3 is 4.74 Å². The molecule has 0 bridgehead atoms. The molecule has 1 aromatic carbocycles. The summed E-state index contributed by atoms with van der Waals surface area (Å²) in [7, 11) is 0. The molecule has 96 valence electrons. The Morgan fingerprint density at radius 1 is 1.33 bits per heavy atom. The highest BCUT2D eigenvalue weighted by Gasteiger charge is 2.05. The zero-order valence-corrected chi connectivity index (χ0v) is 11.4. The first-order valence-corrected chi connectivity index (χ1v) is 6.43. The van der Waals surface area contributed by atoms with Gasteiger partial charge in [0.05, 0.1) is 16.4 Å². The average Bonchev–Trinajstić information content (AvgIpc) is 2.75. The summed E-state index contributed by atoms with van der Waals surface area (Å²) in [4.78, 5) is 0. The lowest BCUT2D eigenvalue weighted by Crippen LogP contribution is -1.96. The van der Waals surface area contributed by atoms with E-state index in [-0.39, 0.29) is 0 Å². The normalized spacial score (nSPS) is 10.9. The van der Waals surface area contributed by atoms with Gasteiger partial charge in [0.15, 0.2) is 0 Å². The Balaban J connectivity index is 1.94. The number of benzene rings is 1. The number of nitrogens with zero attached hydrogens (tertiary/aromatic N) is 1. The molecule has 18 heavy (non-hydrogen) atoms. The molecule has 4 heteroatoms. The van der Waals surface area contributed by atoms with E-state index in [0.29, 0.717) is 23.3 Å². The van der Waals surface area contributed by atoms with Gasteiger partial charge in [0, 0.05) is 0 Å². The number of nitrogens with one attached hydrogen (secondary N) is 1. The second kappa shape index (κ2) is 5.91. The van der Waals surface area contributed by atoms with Crippen molar-refractivity contribution in [2.45, 2.75) is 26.9 Å². The minimum absolute atomic E-state index is 0.453. The number of aromatic amines is 1. The largest absolute Gasteiger partial charge is 0.486 e. The predicted molar refractivity (Wildman–Crippen MR) is 72.9 cm³/mol. The predicted octanol–water partition coefficient (Wildman–Crippen LogP) is 3.84. The van der Waals surface area contributed by atoms with Crippen LogP contribution >= 0.6 is 11.6 Å². The smallest absolute Gasteiger partial charge is 0.138 e. The van der Waals surface area contributed by atoms with E-state index >= 15 is 0 Å². The van der Waals surface area contributed by atoms with Gasteiger partial charge in [-0.3, -0.25) is 5.10 Å². The molecule has 0 amide bonds. The third-order valence-corrected chi connectivity index (χ3v) is 2.83. The van der Waals surface area contributed by atoms with Gasteiger partial charge in [-0.1, -0.05) is 37.6 Å². The van der Waals surface area contributed by atoms with Crippen molar-refractivity contribution < 1.29 is 4.74 Å². The topological polar surface area (TPSA) is 37.9 Å². The van der Waals surface area contributed by atoms with Crippen LogP contribution in [0.1, 0.15) is 25.2 Å². The van der Waals surface area contributed by atoms with Crippen LogP contribution in [0.3, 0.4) is 0 Å². The third-order valence-electron chi connectivity index (χ3n) is 2.52. The van der Waals surface area contributed by atoms with Crippen LogP contribution in [0.15, 0.2) is 30.3 Å². The van der Waals surface area contributed by atoms with Gasteiger partial charge in [-0.15, -0.1) is 0 Å². The Morgan fingerprint density at radius 2 is 2.11 bits per heavy atom. The monoisotopic (exact) mass is 264 g/mol. The highest BCUT2D eigenvalue weighted by molar-refractivity contribution is 6.32. The van der Waals surface area contributed by atoms with Crippen LogP contribution in [0, 0.1) is 5.92 Å². The Labute approximate surface area is 112 Å². The fraction of sp³-hybridized carbons (Fsp3) is 0.357. The van der Waals surface area contributed by atoms with Crippen molar-refractivity contribution in [2.24, 2.45) is 5.92 Å². The van der Waals surface area contributed by atoms with Crippen molar-refractivity contribution in [3.8, 4) is 5.75 Å². The molecule has 0 radical (unpaired) electrons. The van der Waals surface area contributed by atoms with Crippen molar-refractivity contribution in [1.82, 2.24) is 10.2 Å². The van der Waals surface area contributed by atoms with Crippen LogP contribution in [0.2, 0.25) is 5.02 Å². The van der Waals surface area contributed by atoms with Crippen LogP contribution in [-0.4, -0.2) is 10.2 Å². The second-order valence-corrected chi connectivity index (χ2v) is 5.11. The Kier molecular flexibility index (Phi) is 4.26. The zero-order valence-electron chi connectivity index (χ0n) is 10.6. The molecule has 0 fully saturated rings. The van der Waals surface area contributed by atoms with Gasteiger partial charge in [-0.2, -0.15) is 5.10 Å². The quantitative estimate of drug-likeness (QED) is 0.891.